The molecule has 2 rings (SSSR count). The zero-order valence-electron chi connectivity index (χ0n) is 8.83. The van der Waals surface area contributed by atoms with Crippen molar-refractivity contribution in [3.63, 3.8) is 0 Å². The Morgan fingerprint density at radius 2 is 2.29 bits per heavy atom. The molecular formula is C11H17N3. The predicted molar refractivity (Wildman–Crippen MR) is 59.4 cm³/mol. The lowest BCUT2D eigenvalue weighted by atomic mass is 10.2. The number of anilines is 2. The Balaban J connectivity index is 2.23. The van der Waals surface area contributed by atoms with E-state index in [1.807, 2.05) is 19.1 Å². The van der Waals surface area contributed by atoms with Crippen molar-refractivity contribution < 1.29 is 0 Å². The van der Waals surface area contributed by atoms with Gasteiger partial charge in [0.2, 0.25) is 0 Å². The van der Waals surface area contributed by atoms with Crippen LogP contribution in [0.5, 0.6) is 0 Å². The molecule has 1 atom stereocenters. The molecule has 76 valence electrons. The van der Waals surface area contributed by atoms with Crippen LogP contribution in [0.1, 0.15) is 19.0 Å². The molecule has 1 aromatic heterocycles. The minimum absolute atomic E-state index is 0.776. The lowest BCUT2D eigenvalue weighted by molar-refractivity contribution is 0.659. The van der Waals surface area contributed by atoms with Gasteiger partial charge in [0.15, 0.2) is 0 Å². The Morgan fingerprint density at radius 1 is 1.50 bits per heavy atom. The molecule has 0 saturated carbocycles. The van der Waals surface area contributed by atoms with Gasteiger partial charge in [0.1, 0.15) is 5.82 Å². The van der Waals surface area contributed by atoms with Gasteiger partial charge < -0.3 is 10.6 Å². The van der Waals surface area contributed by atoms with Gasteiger partial charge in [-0.1, -0.05) is 6.92 Å². The number of aromatic nitrogens is 1. The van der Waals surface area contributed by atoms with Crippen molar-refractivity contribution in [2.45, 2.75) is 20.3 Å². The van der Waals surface area contributed by atoms with Crippen LogP contribution < -0.4 is 10.6 Å². The fraction of sp³-hybridized carbons (Fsp3) is 0.545. The van der Waals surface area contributed by atoms with Crippen LogP contribution in [0, 0.1) is 12.8 Å². The highest BCUT2D eigenvalue weighted by molar-refractivity contribution is 5.52. The Bertz CT molecular complexity index is 315. The smallest absolute Gasteiger partial charge is 0.130 e. The standard InChI is InChI=1S/C11H17N3/c1-8-3-4-14(7-8)11-6-10(12)5-9(2)13-11/h5-6,8H,3-4,7H2,1-2H3,(H2,12,13)/t8-/m0/s1. The van der Waals surface area contributed by atoms with E-state index in [-0.39, 0.29) is 0 Å². The minimum Gasteiger partial charge on any atom is -0.399 e. The topological polar surface area (TPSA) is 42.1 Å². The second-order valence-electron chi connectivity index (χ2n) is 4.24. The van der Waals surface area contributed by atoms with Gasteiger partial charge in [-0.2, -0.15) is 0 Å². The van der Waals surface area contributed by atoms with E-state index in [1.54, 1.807) is 0 Å². The molecule has 0 aromatic carbocycles. The zero-order valence-corrected chi connectivity index (χ0v) is 8.83. The molecule has 1 aliphatic heterocycles. The first kappa shape index (κ1) is 9.31. The molecule has 1 fully saturated rings. The monoisotopic (exact) mass is 191 g/mol. The maximum atomic E-state index is 5.80. The molecule has 0 spiro atoms. The van der Waals surface area contributed by atoms with E-state index >= 15 is 0 Å². The molecule has 0 amide bonds. The third kappa shape index (κ3) is 1.81. The summed E-state index contributed by atoms with van der Waals surface area (Å²) in [5.74, 6) is 1.81. The maximum Gasteiger partial charge on any atom is 0.130 e. The highest BCUT2D eigenvalue weighted by Crippen LogP contribution is 2.23. The Labute approximate surface area is 84.9 Å². The fourth-order valence-corrected chi connectivity index (χ4v) is 1.98. The maximum absolute atomic E-state index is 5.80. The van der Waals surface area contributed by atoms with Crippen LogP contribution in [-0.4, -0.2) is 18.1 Å². The van der Waals surface area contributed by atoms with Crippen molar-refractivity contribution >= 4 is 11.5 Å². The van der Waals surface area contributed by atoms with E-state index in [0.29, 0.717) is 0 Å². The average Bonchev–Trinajstić information content (AvgIpc) is 2.50. The molecular weight excluding hydrogens is 174 g/mol. The lowest BCUT2D eigenvalue weighted by Crippen LogP contribution is -2.20. The molecule has 1 aliphatic rings. The van der Waals surface area contributed by atoms with Crippen LogP contribution in [0.25, 0.3) is 0 Å². The SMILES string of the molecule is Cc1cc(N)cc(N2CC[C@H](C)C2)n1. The summed E-state index contributed by atoms with van der Waals surface area (Å²) >= 11 is 0. The van der Waals surface area contributed by atoms with E-state index in [0.717, 1.165) is 36.2 Å². The van der Waals surface area contributed by atoms with Crippen LogP contribution >= 0.6 is 0 Å². The summed E-state index contributed by atoms with van der Waals surface area (Å²) in [4.78, 5) is 6.81. The van der Waals surface area contributed by atoms with Crippen LogP contribution in [0.15, 0.2) is 12.1 Å². The van der Waals surface area contributed by atoms with Gasteiger partial charge in [-0.3, -0.25) is 0 Å². The van der Waals surface area contributed by atoms with Crippen LogP contribution in [0.3, 0.4) is 0 Å². The van der Waals surface area contributed by atoms with Crippen molar-refractivity contribution in [3.8, 4) is 0 Å². The molecule has 3 heteroatoms. The number of hydrogen-bond donors (Lipinski definition) is 1. The van der Waals surface area contributed by atoms with E-state index < -0.39 is 0 Å². The molecule has 3 nitrogen and oxygen atoms in total. The molecule has 0 unspecified atom stereocenters. The summed E-state index contributed by atoms with van der Waals surface area (Å²) in [6.07, 6.45) is 1.26. The normalized spacial score (nSPS) is 21.6. The van der Waals surface area contributed by atoms with Gasteiger partial charge in [0.05, 0.1) is 0 Å². The number of nitrogens with two attached hydrogens (primary N) is 1. The van der Waals surface area contributed by atoms with Crippen molar-refractivity contribution in [1.82, 2.24) is 4.98 Å². The summed E-state index contributed by atoms with van der Waals surface area (Å²) < 4.78 is 0. The van der Waals surface area contributed by atoms with Crippen LogP contribution in [0.2, 0.25) is 0 Å². The third-order valence-corrected chi connectivity index (χ3v) is 2.71. The number of hydrogen-bond acceptors (Lipinski definition) is 3. The van der Waals surface area contributed by atoms with E-state index in [2.05, 4.69) is 16.8 Å². The van der Waals surface area contributed by atoms with Crippen LogP contribution in [-0.2, 0) is 0 Å². The summed E-state index contributed by atoms with van der Waals surface area (Å²) in [6, 6.07) is 3.87. The van der Waals surface area contributed by atoms with E-state index in [9.17, 15) is 0 Å². The predicted octanol–water partition coefficient (Wildman–Crippen LogP) is 1.82. The van der Waals surface area contributed by atoms with Crippen LogP contribution in [0.4, 0.5) is 11.5 Å². The Kier molecular flexibility index (Phi) is 2.32. The molecule has 1 aromatic rings. The molecule has 1 saturated heterocycles. The largest absolute Gasteiger partial charge is 0.399 e. The van der Waals surface area contributed by atoms with Gasteiger partial charge in [0, 0.05) is 30.5 Å². The van der Waals surface area contributed by atoms with Crippen molar-refractivity contribution in [2.75, 3.05) is 23.7 Å². The number of nitrogens with zero attached hydrogens (tertiary/aromatic N) is 2. The van der Waals surface area contributed by atoms with Gasteiger partial charge in [-0.15, -0.1) is 0 Å². The second-order valence-corrected chi connectivity index (χ2v) is 4.24. The summed E-state index contributed by atoms with van der Waals surface area (Å²) in [6.45, 7) is 6.48. The molecule has 2 heterocycles. The highest BCUT2D eigenvalue weighted by Gasteiger charge is 2.19. The second kappa shape index (κ2) is 3.48. The summed E-state index contributed by atoms with van der Waals surface area (Å²) in [5.41, 5.74) is 7.61. The molecule has 0 bridgehead atoms. The lowest BCUT2D eigenvalue weighted by Gasteiger charge is -2.17. The number of nitrogen functional groups attached to an aromatic ring is 1. The van der Waals surface area contributed by atoms with E-state index in [4.69, 9.17) is 5.73 Å². The Morgan fingerprint density at radius 3 is 2.86 bits per heavy atom. The number of aryl methyl sites for hydroxylation is 1. The molecule has 0 radical (unpaired) electrons. The third-order valence-electron chi connectivity index (χ3n) is 2.71. The van der Waals surface area contributed by atoms with Gasteiger partial charge in [-0.05, 0) is 25.3 Å². The Hall–Kier alpha value is -1.25. The highest BCUT2D eigenvalue weighted by atomic mass is 15.2. The summed E-state index contributed by atoms with van der Waals surface area (Å²) in [7, 11) is 0. The van der Waals surface area contributed by atoms with Gasteiger partial charge in [-0.25, -0.2) is 4.98 Å². The van der Waals surface area contributed by atoms with Crippen molar-refractivity contribution in [1.29, 1.82) is 0 Å². The van der Waals surface area contributed by atoms with Gasteiger partial charge >= 0.3 is 0 Å². The first-order valence-electron chi connectivity index (χ1n) is 5.14. The van der Waals surface area contributed by atoms with Crippen molar-refractivity contribution in [3.05, 3.63) is 17.8 Å². The van der Waals surface area contributed by atoms with Crippen molar-refractivity contribution in [2.24, 2.45) is 5.92 Å². The molecule has 14 heavy (non-hydrogen) atoms. The fourth-order valence-electron chi connectivity index (χ4n) is 1.98. The van der Waals surface area contributed by atoms with Gasteiger partial charge in [0.25, 0.3) is 0 Å². The zero-order chi connectivity index (χ0) is 10.1. The number of rotatable bonds is 1. The molecule has 0 aliphatic carbocycles. The first-order valence-corrected chi connectivity index (χ1v) is 5.14. The number of pyridine rings is 1. The first-order chi connectivity index (χ1) is 6.65. The quantitative estimate of drug-likeness (QED) is 0.736. The summed E-state index contributed by atoms with van der Waals surface area (Å²) in [5, 5.41) is 0. The minimum atomic E-state index is 0.776. The molecule has 2 N–H and O–H groups in total. The van der Waals surface area contributed by atoms with E-state index in [1.165, 1.54) is 6.42 Å². The average molecular weight is 191 g/mol.